The van der Waals surface area contributed by atoms with Crippen LogP contribution in [0.4, 0.5) is 0 Å². The maximum absolute atomic E-state index is 12.1. The zero-order valence-corrected chi connectivity index (χ0v) is 12.9. The molecule has 0 saturated carbocycles. The number of methoxy groups -OCH3 is 1. The molecule has 0 aliphatic carbocycles. The molecule has 1 fully saturated rings. The molecule has 1 aliphatic heterocycles. The van der Waals surface area contributed by atoms with Gasteiger partial charge in [0.25, 0.3) is 0 Å². The van der Waals surface area contributed by atoms with Gasteiger partial charge in [0.15, 0.2) is 0 Å². The Labute approximate surface area is 121 Å². The quantitative estimate of drug-likeness (QED) is 0.701. The molecule has 0 spiro atoms. The van der Waals surface area contributed by atoms with Gasteiger partial charge in [-0.1, -0.05) is 6.92 Å². The van der Waals surface area contributed by atoms with Crippen molar-refractivity contribution in [3.63, 3.8) is 0 Å². The molecule has 20 heavy (non-hydrogen) atoms. The summed E-state index contributed by atoms with van der Waals surface area (Å²) in [7, 11) is 1.34. The van der Waals surface area contributed by atoms with Crippen LogP contribution in [0.5, 0.6) is 0 Å². The predicted molar refractivity (Wildman–Crippen MR) is 74.1 cm³/mol. The lowest BCUT2D eigenvalue weighted by atomic mass is 9.79. The van der Waals surface area contributed by atoms with Gasteiger partial charge in [0.1, 0.15) is 0 Å². The van der Waals surface area contributed by atoms with E-state index in [4.69, 9.17) is 14.2 Å². The average molecular weight is 286 g/mol. The molecule has 0 N–H and O–H groups in total. The van der Waals surface area contributed by atoms with Crippen LogP contribution >= 0.6 is 0 Å². The first-order valence-electron chi connectivity index (χ1n) is 7.40. The maximum Gasteiger partial charge on any atom is 0.309 e. The minimum Gasteiger partial charge on any atom is -0.469 e. The number of rotatable bonds is 6. The molecule has 116 valence electrons. The van der Waals surface area contributed by atoms with Crippen LogP contribution in [0.2, 0.25) is 0 Å². The highest BCUT2D eigenvalue weighted by atomic mass is 16.5. The summed E-state index contributed by atoms with van der Waals surface area (Å²) in [6, 6.07) is 0. The van der Waals surface area contributed by atoms with Crippen LogP contribution in [0.15, 0.2) is 0 Å². The van der Waals surface area contributed by atoms with E-state index in [1.807, 2.05) is 6.92 Å². The number of hydrogen-bond acceptors (Lipinski definition) is 5. The van der Waals surface area contributed by atoms with Crippen molar-refractivity contribution in [2.24, 2.45) is 11.8 Å². The summed E-state index contributed by atoms with van der Waals surface area (Å²) in [6.45, 7) is 6.18. The summed E-state index contributed by atoms with van der Waals surface area (Å²) >= 11 is 0. The number of hydrogen-bond donors (Lipinski definition) is 0. The second kappa shape index (κ2) is 8.25. The van der Waals surface area contributed by atoms with Gasteiger partial charge in [-0.3, -0.25) is 9.59 Å². The zero-order chi connectivity index (χ0) is 15.1. The Hall–Kier alpha value is -1.10. The summed E-state index contributed by atoms with van der Waals surface area (Å²) in [5.74, 6) is -0.980. The van der Waals surface area contributed by atoms with Gasteiger partial charge in [-0.15, -0.1) is 0 Å². The Bertz CT molecular complexity index is 328. The molecule has 0 aromatic rings. The van der Waals surface area contributed by atoms with Crippen molar-refractivity contribution in [2.75, 3.05) is 13.7 Å². The van der Waals surface area contributed by atoms with E-state index in [1.54, 1.807) is 6.92 Å². The van der Waals surface area contributed by atoms with Gasteiger partial charge in [-0.2, -0.15) is 0 Å². The minimum atomic E-state index is -0.428. The van der Waals surface area contributed by atoms with Crippen LogP contribution in [0.25, 0.3) is 0 Å². The van der Waals surface area contributed by atoms with Crippen LogP contribution < -0.4 is 0 Å². The van der Waals surface area contributed by atoms with Crippen molar-refractivity contribution in [1.29, 1.82) is 0 Å². The Morgan fingerprint density at radius 1 is 1.30 bits per heavy atom. The monoisotopic (exact) mass is 286 g/mol. The fourth-order valence-corrected chi connectivity index (χ4v) is 2.85. The lowest BCUT2D eigenvalue weighted by Gasteiger charge is -2.36. The molecule has 0 aromatic carbocycles. The Kier molecular flexibility index (Phi) is 6.99. The van der Waals surface area contributed by atoms with Crippen molar-refractivity contribution in [1.82, 2.24) is 0 Å². The highest BCUT2D eigenvalue weighted by molar-refractivity contribution is 5.80. The van der Waals surface area contributed by atoms with Crippen molar-refractivity contribution < 1.29 is 23.8 Å². The molecule has 1 heterocycles. The van der Waals surface area contributed by atoms with E-state index in [1.165, 1.54) is 7.11 Å². The van der Waals surface area contributed by atoms with Crippen molar-refractivity contribution in [3.8, 4) is 0 Å². The second-order valence-electron chi connectivity index (χ2n) is 5.35. The topological polar surface area (TPSA) is 61.8 Å². The largest absolute Gasteiger partial charge is 0.469 e. The van der Waals surface area contributed by atoms with Crippen LogP contribution in [0, 0.1) is 11.8 Å². The third-order valence-corrected chi connectivity index (χ3v) is 3.85. The normalized spacial score (nSPS) is 27.7. The van der Waals surface area contributed by atoms with Crippen LogP contribution in [0.1, 0.15) is 46.5 Å². The molecule has 0 radical (unpaired) electrons. The molecular weight excluding hydrogens is 260 g/mol. The zero-order valence-electron chi connectivity index (χ0n) is 12.9. The molecular formula is C15H26O5. The first-order valence-corrected chi connectivity index (χ1v) is 7.40. The highest BCUT2D eigenvalue weighted by Crippen LogP contribution is 2.34. The molecule has 5 nitrogen and oxygen atoms in total. The fraction of sp³-hybridized carbons (Fsp3) is 0.867. The number of carbonyl (C=O) groups is 2. The number of esters is 2. The van der Waals surface area contributed by atoms with Crippen LogP contribution in [-0.4, -0.2) is 37.9 Å². The molecule has 1 aliphatic rings. The molecule has 0 bridgehead atoms. The Balaban J connectivity index is 2.79. The molecule has 0 aromatic heterocycles. The van der Waals surface area contributed by atoms with Gasteiger partial charge < -0.3 is 14.2 Å². The smallest absolute Gasteiger partial charge is 0.309 e. The van der Waals surface area contributed by atoms with E-state index in [0.717, 1.165) is 19.3 Å². The van der Waals surface area contributed by atoms with E-state index in [9.17, 15) is 9.59 Å². The fourth-order valence-electron chi connectivity index (χ4n) is 2.85. The van der Waals surface area contributed by atoms with Gasteiger partial charge in [0.05, 0.1) is 38.3 Å². The Morgan fingerprint density at radius 3 is 2.55 bits per heavy atom. The molecule has 4 atom stereocenters. The molecule has 1 saturated heterocycles. The second-order valence-corrected chi connectivity index (χ2v) is 5.35. The molecule has 5 heteroatoms. The maximum atomic E-state index is 12.1. The van der Waals surface area contributed by atoms with Gasteiger partial charge in [-0.25, -0.2) is 0 Å². The summed E-state index contributed by atoms with van der Waals surface area (Å²) < 4.78 is 15.6. The van der Waals surface area contributed by atoms with Gasteiger partial charge in [-0.05, 0) is 39.0 Å². The third-order valence-electron chi connectivity index (χ3n) is 3.85. The van der Waals surface area contributed by atoms with E-state index < -0.39 is 5.92 Å². The van der Waals surface area contributed by atoms with Gasteiger partial charge in [0.2, 0.25) is 0 Å². The SMILES string of the molecule is CCOC(=O)[C@H](CC(=O)OC)[C@@H]1C[C@@H](CC)O[C@H](C)C1. The molecule has 0 amide bonds. The molecule has 1 rings (SSSR count). The predicted octanol–water partition coefficient (Wildman–Crippen LogP) is 2.32. The first kappa shape index (κ1) is 17.0. The van der Waals surface area contributed by atoms with Crippen LogP contribution in [-0.2, 0) is 23.8 Å². The van der Waals surface area contributed by atoms with Crippen molar-refractivity contribution in [2.45, 2.75) is 58.7 Å². The molecule has 0 unspecified atom stereocenters. The minimum absolute atomic E-state index is 0.0865. The third kappa shape index (κ3) is 4.78. The lowest BCUT2D eigenvalue weighted by molar-refractivity contribution is -0.159. The first-order chi connectivity index (χ1) is 9.51. The van der Waals surface area contributed by atoms with E-state index in [0.29, 0.717) is 6.61 Å². The summed E-state index contributed by atoms with van der Waals surface area (Å²) in [5, 5.41) is 0. The lowest BCUT2D eigenvalue weighted by Crippen LogP contribution is -2.38. The summed E-state index contributed by atoms with van der Waals surface area (Å²) in [5.41, 5.74) is 0. The van der Waals surface area contributed by atoms with E-state index in [-0.39, 0.29) is 36.5 Å². The number of ether oxygens (including phenoxy) is 3. The Morgan fingerprint density at radius 2 is 2.00 bits per heavy atom. The van der Waals surface area contributed by atoms with Crippen molar-refractivity contribution in [3.05, 3.63) is 0 Å². The van der Waals surface area contributed by atoms with E-state index >= 15 is 0 Å². The average Bonchev–Trinajstić information content (AvgIpc) is 2.43. The summed E-state index contributed by atoms with van der Waals surface area (Å²) in [6.07, 6.45) is 2.82. The van der Waals surface area contributed by atoms with E-state index in [2.05, 4.69) is 6.92 Å². The van der Waals surface area contributed by atoms with Gasteiger partial charge >= 0.3 is 11.9 Å². The number of carbonyl (C=O) groups excluding carboxylic acids is 2. The van der Waals surface area contributed by atoms with Crippen LogP contribution in [0.3, 0.4) is 0 Å². The standard InChI is InChI=1S/C15H26O5/c1-5-12-8-11(7-10(3)20-12)13(9-14(16)18-4)15(17)19-6-2/h10-13H,5-9H2,1-4H3/t10-,11+,12-,13-/m1/s1. The van der Waals surface area contributed by atoms with Gasteiger partial charge in [0, 0.05) is 0 Å². The highest BCUT2D eigenvalue weighted by Gasteiger charge is 2.37. The summed E-state index contributed by atoms with van der Waals surface area (Å²) in [4.78, 5) is 23.7. The van der Waals surface area contributed by atoms with Crippen molar-refractivity contribution >= 4 is 11.9 Å².